The van der Waals surface area contributed by atoms with Crippen LogP contribution in [0, 0.1) is 5.82 Å². The van der Waals surface area contributed by atoms with Crippen molar-refractivity contribution in [3.63, 3.8) is 0 Å². The Morgan fingerprint density at radius 2 is 1.70 bits per heavy atom. The number of carbonyl (C=O) groups excluding carboxylic acids is 2. The Morgan fingerprint density at radius 1 is 1.07 bits per heavy atom. The lowest BCUT2D eigenvalue weighted by atomic mass is 10.2. The van der Waals surface area contributed by atoms with Crippen molar-refractivity contribution in [2.24, 2.45) is 0 Å². The lowest BCUT2D eigenvalue weighted by molar-refractivity contribution is -0.123. The summed E-state index contributed by atoms with van der Waals surface area (Å²) in [6, 6.07) is 8.77. The molecule has 144 valence electrons. The number of esters is 1. The molecule has 27 heavy (non-hydrogen) atoms. The molecule has 0 radical (unpaired) electrons. The van der Waals surface area contributed by atoms with E-state index in [4.69, 9.17) is 4.74 Å². The Hall–Kier alpha value is -2.88. The van der Waals surface area contributed by atoms with Crippen molar-refractivity contribution >= 4 is 27.4 Å². The Kier molecular flexibility index (Phi) is 6.21. The van der Waals surface area contributed by atoms with Gasteiger partial charge in [0.1, 0.15) is 5.82 Å². The number of benzene rings is 2. The molecule has 2 rings (SSSR count). The van der Waals surface area contributed by atoms with Gasteiger partial charge in [-0.25, -0.2) is 17.6 Å². The highest BCUT2D eigenvalue weighted by Crippen LogP contribution is 2.19. The third-order valence-electron chi connectivity index (χ3n) is 3.40. The van der Waals surface area contributed by atoms with Crippen LogP contribution in [0.5, 0.6) is 0 Å². The van der Waals surface area contributed by atoms with Crippen LogP contribution in [-0.2, 0) is 19.4 Å². The van der Waals surface area contributed by atoms with Crippen molar-refractivity contribution in [1.82, 2.24) is 0 Å². The van der Waals surface area contributed by atoms with Crippen LogP contribution in [0.2, 0.25) is 0 Å². The lowest BCUT2D eigenvalue weighted by Gasteiger charge is -2.14. The molecule has 2 aromatic carbocycles. The van der Waals surface area contributed by atoms with Crippen LogP contribution in [0.25, 0.3) is 0 Å². The number of rotatable bonds is 6. The van der Waals surface area contributed by atoms with Gasteiger partial charge in [-0.3, -0.25) is 4.79 Å². The van der Waals surface area contributed by atoms with E-state index in [0.717, 1.165) is 30.3 Å². The number of nitrogens with one attached hydrogen (secondary N) is 1. The van der Waals surface area contributed by atoms with Crippen LogP contribution >= 0.6 is 0 Å². The van der Waals surface area contributed by atoms with Gasteiger partial charge in [-0.2, -0.15) is 8.78 Å². The second-order valence-electron chi connectivity index (χ2n) is 5.38. The van der Waals surface area contributed by atoms with E-state index in [0.29, 0.717) is 0 Å². The zero-order chi connectivity index (χ0) is 20.2. The second-order valence-corrected chi connectivity index (χ2v) is 7.29. The van der Waals surface area contributed by atoms with Crippen LogP contribution in [0.4, 0.5) is 18.9 Å². The first kappa shape index (κ1) is 20.4. The maximum absolute atomic E-state index is 13.1. The minimum atomic E-state index is -4.77. The van der Waals surface area contributed by atoms with E-state index in [1.165, 1.54) is 25.1 Å². The molecule has 1 N–H and O–H groups in total. The average Bonchev–Trinajstić information content (AvgIpc) is 2.61. The summed E-state index contributed by atoms with van der Waals surface area (Å²) in [6.07, 6.45) is -1.25. The molecular formula is C17H14F3NO5S. The van der Waals surface area contributed by atoms with Gasteiger partial charge in [-0.15, -0.1) is 0 Å². The van der Waals surface area contributed by atoms with Gasteiger partial charge >= 0.3 is 11.7 Å². The fourth-order valence-corrected chi connectivity index (χ4v) is 2.70. The highest BCUT2D eigenvalue weighted by Gasteiger charge is 2.27. The molecule has 1 amide bonds. The summed E-state index contributed by atoms with van der Waals surface area (Å²) in [6.45, 7) is 1.28. The van der Waals surface area contributed by atoms with E-state index in [1.54, 1.807) is 0 Å². The van der Waals surface area contributed by atoms with Crippen molar-refractivity contribution in [2.45, 2.75) is 23.7 Å². The third kappa shape index (κ3) is 5.07. The van der Waals surface area contributed by atoms with E-state index < -0.39 is 44.3 Å². The summed E-state index contributed by atoms with van der Waals surface area (Å²) < 4.78 is 65.6. The lowest BCUT2D eigenvalue weighted by Crippen LogP contribution is -2.30. The number of amides is 1. The predicted molar refractivity (Wildman–Crippen MR) is 89.5 cm³/mol. The topological polar surface area (TPSA) is 89.5 Å². The summed E-state index contributed by atoms with van der Waals surface area (Å²) in [5, 5.41) is 2.36. The van der Waals surface area contributed by atoms with Crippen molar-refractivity contribution in [3.05, 3.63) is 59.9 Å². The van der Waals surface area contributed by atoms with Gasteiger partial charge < -0.3 is 10.1 Å². The van der Waals surface area contributed by atoms with Gasteiger partial charge in [0, 0.05) is 5.69 Å². The normalized spacial score (nSPS) is 12.5. The maximum atomic E-state index is 13.1. The van der Waals surface area contributed by atoms with Crippen LogP contribution in [0.1, 0.15) is 17.3 Å². The summed E-state index contributed by atoms with van der Waals surface area (Å²) in [7, 11) is -4.77. The van der Waals surface area contributed by atoms with Crippen molar-refractivity contribution in [2.75, 3.05) is 5.32 Å². The first-order chi connectivity index (χ1) is 12.6. The average molecular weight is 401 g/mol. The number of hydrogen-bond acceptors (Lipinski definition) is 5. The predicted octanol–water partition coefficient (Wildman–Crippen LogP) is 3.01. The molecule has 0 aromatic heterocycles. The summed E-state index contributed by atoms with van der Waals surface area (Å²) in [4.78, 5) is 23.3. The zero-order valence-corrected chi connectivity index (χ0v) is 14.7. The molecule has 0 saturated heterocycles. The highest BCUT2D eigenvalue weighted by molar-refractivity contribution is 7.91. The molecule has 0 fully saturated rings. The van der Waals surface area contributed by atoms with Crippen LogP contribution < -0.4 is 5.32 Å². The molecule has 0 heterocycles. The molecule has 0 spiro atoms. The first-order valence-corrected chi connectivity index (χ1v) is 9.05. The molecule has 2 aromatic rings. The van der Waals surface area contributed by atoms with Crippen LogP contribution in [0.15, 0.2) is 53.4 Å². The standard InChI is InChI=1S/C17H14F3NO5S/c1-10(15(22)21-13-4-2-3-12(18)9-13)26-16(23)11-5-7-14(8-6-11)27(24,25)17(19)20/h2-10,17H,1H3,(H,21,22)/t10-/m1/s1. The smallest absolute Gasteiger partial charge is 0.341 e. The van der Waals surface area contributed by atoms with Gasteiger partial charge in [0.05, 0.1) is 10.5 Å². The fraction of sp³-hybridized carbons (Fsp3) is 0.176. The minimum Gasteiger partial charge on any atom is -0.449 e. The quantitative estimate of drug-likeness (QED) is 0.752. The minimum absolute atomic E-state index is 0.131. The van der Waals surface area contributed by atoms with Gasteiger partial charge in [-0.05, 0) is 49.4 Å². The Labute approximate surface area is 152 Å². The molecule has 0 aliphatic carbocycles. The first-order valence-electron chi connectivity index (χ1n) is 7.51. The summed E-state index contributed by atoms with van der Waals surface area (Å²) >= 11 is 0. The van der Waals surface area contributed by atoms with E-state index >= 15 is 0 Å². The number of anilines is 1. The highest BCUT2D eigenvalue weighted by atomic mass is 32.2. The number of ether oxygens (including phenoxy) is 1. The van der Waals surface area contributed by atoms with Gasteiger partial charge in [0.15, 0.2) is 6.10 Å². The molecule has 6 nitrogen and oxygen atoms in total. The van der Waals surface area contributed by atoms with Crippen molar-refractivity contribution in [1.29, 1.82) is 0 Å². The molecule has 10 heteroatoms. The fourth-order valence-electron chi connectivity index (χ4n) is 1.98. The van der Waals surface area contributed by atoms with E-state index in [2.05, 4.69) is 5.32 Å². The summed E-state index contributed by atoms with van der Waals surface area (Å²) in [5.41, 5.74) is 0.0399. The molecule has 0 aliphatic heterocycles. The van der Waals surface area contributed by atoms with Crippen molar-refractivity contribution < 1.29 is 35.9 Å². The Bertz CT molecular complexity index is 945. The summed E-state index contributed by atoms with van der Waals surface area (Å²) in [5.74, 6) is -5.82. The molecule has 0 bridgehead atoms. The third-order valence-corrected chi connectivity index (χ3v) is 4.80. The van der Waals surface area contributed by atoms with E-state index in [9.17, 15) is 31.2 Å². The number of hydrogen-bond donors (Lipinski definition) is 1. The van der Waals surface area contributed by atoms with Gasteiger partial charge in [0.2, 0.25) is 9.84 Å². The molecule has 0 saturated carbocycles. The second kappa shape index (κ2) is 8.21. The molecular weight excluding hydrogens is 387 g/mol. The van der Waals surface area contributed by atoms with Crippen LogP contribution in [0.3, 0.4) is 0 Å². The Morgan fingerprint density at radius 3 is 2.26 bits per heavy atom. The number of alkyl halides is 2. The zero-order valence-electron chi connectivity index (χ0n) is 13.9. The monoisotopic (exact) mass is 401 g/mol. The van der Waals surface area contributed by atoms with Gasteiger partial charge in [-0.1, -0.05) is 6.07 Å². The number of carbonyl (C=O) groups is 2. The Balaban J connectivity index is 2.02. The molecule has 0 unspecified atom stereocenters. The van der Waals surface area contributed by atoms with Crippen LogP contribution in [-0.4, -0.2) is 32.2 Å². The number of sulfone groups is 1. The SMILES string of the molecule is C[C@@H](OC(=O)c1ccc(S(=O)(=O)C(F)F)cc1)C(=O)Nc1cccc(F)c1. The van der Waals surface area contributed by atoms with Gasteiger partial charge in [0.25, 0.3) is 5.91 Å². The molecule has 0 aliphatic rings. The van der Waals surface area contributed by atoms with Crippen molar-refractivity contribution in [3.8, 4) is 0 Å². The van der Waals surface area contributed by atoms with E-state index in [1.807, 2.05) is 0 Å². The maximum Gasteiger partial charge on any atom is 0.341 e. The number of halogens is 3. The largest absolute Gasteiger partial charge is 0.449 e. The van der Waals surface area contributed by atoms with E-state index in [-0.39, 0.29) is 11.3 Å². The molecule has 1 atom stereocenters.